The lowest BCUT2D eigenvalue weighted by molar-refractivity contribution is -0.319. The second kappa shape index (κ2) is 6.58. The van der Waals surface area contributed by atoms with Gasteiger partial charge in [-0.25, -0.2) is 0 Å². The summed E-state index contributed by atoms with van der Waals surface area (Å²) in [6, 6.07) is 5.81. The fourth-order valence-electron chi connectivity index (χ4n) is 3.66. The number of rotatable bonds is 2. The maximum atomic E-state index is 10.6. The van der Waals surface area contributed by atoms with Crippen LogP contribution in [0.2, 0.25) is 5.02 Å². The first kappa shape index (κ1) is 18.9. The summed E-state index contributed by atoms with van der Waals surface area (Å²) in [4.78, 5) is 2.45. The van der Waals surface area contributed by atoms with Crippen LogP contribution >= 0.6 is 22.9 Å². The van der Waals surface area contributed by atoms with Gasteiger partial charge < -0.3 is 24.8 Å². The zero-order valence-electron chi connectivity index (χ0n) is 15.0. The van der Waals surface area contributed by atoms with Crippen LogP contribution in [0.4, 0.5) is 0 Å². The highest BCUT2D eigenvalue weighted by molar-refractivity contribution is 7.12. The van der Waals surface area contributed by atoms with Gasteiger partial charge in [-0.3, -0.25) is 0 Å². The Morgan fingerprint density at radius 2 is 2.00 bits per heavy atom. The van der Waals surface area contributed by atoms with Crippen LogP contribution in [0.25, 0.3) is 0 Å². The Morgan fingerprint density at radius 1 is 1.26 bits per heavy atom. The highest BCUT2D eigenvalue weighted by Crippen LogP contribution is 2.47. The number of ether oxygens (including phenoxy) is 2. The maximum absolute atomic E-state index is 10.6. The molecule has 144 valence electrons. The Kier molecular flexibility index (Phi) is 4.62. The van der Waals surface area contributed by atoms with E-state index in [0.29, 0.717) is 17.0 Å². The lowest BCUT2D eigenvalue weighted by atomic mass is 9.88. The van der Waals surface area contributed by atoms with Crippen LogP contribution in [0.5, 0.6) is 0 Å². The molecule has 0 amide bonds. The largest absolute Gasteiger partial charge is 0.457 e. The Balaban J connectivity index is 1.75. The first-order chi connectivity index (χ1) is 12.7. The molecule has 0 aliphatic carbocycles. The average molecular weight is 409 g/mol. The van der Waals surface area contributed by atoms with E-state index in [1.807, 2.05) is 12.1 Å². The minimum Gasteiger partial charge on any atom is -0.457 e. The molecule has 2 aromatic rings. The summed E-state index contributed by atoms with van der Waals surface area (Å²) in [5.74, 6) is -1.63. The maximum Gasteiger partial charge on any atom is 0.266 e. The third-order valence-corrected chi connectivity index (χ3v) is 6.82. The van der Waals surface area contributed by atoms with Crippen LogP contribution in [0.3, 0.4) is 0 Å². The van der Waals surface area contributed by atoms with Gasteiger partial charge in [-0.15, -0.1) is 11.3 Å². The molecule has 7 heteroatoms. The minimum absolute atomic E-state index is 0.0401. The fraction of sp³-hybridized carbons (Fsp3) is 0.400. The van der Waals surface area contributed by atoms with Crippen molar-refractivity contribution < 1.29 is 24.8 Å². The standard InChI is InChI=1S/C20H21ClO5S/c1-9-4-14(27-11(9)3)5-12-6-15-13(7-16(12)21)8-25-20(15)19(24)18(23)17(22)10(2)26-20/h4,6-7,17-19,22-24H,2,5,8H2,1,3H3/t17-,18+,19-,20+/m1/s1. The fourth-order valence-corrected chi connectivity index (χ4v) is 4.99. The van der Waals surface area contributed by atoms with Gasteiger partial charge >= 0.3 is 0 Å². The van der Waals surface area contributed by atoms with Gasteiger partial charge in [-0.2, -0.15) is 0 Å². The summed E-state index contributed by atoms with van der Waals surface area (Å²) in [7, 11) is 0. The molecule has 0 saturated carbocycles. The van der Waals surface area contributed by atoms with E-state index in [2.05, 4.69) is 26.5 Å². The SMILES string of the molecule is C=C1O[C@]2(OCc3cc(Cl)c(Cc4cc(C)c(C)s4)cc32)[C@H](O)[C@@H](O)[C@@H]1O. The molecule has 1 aromatic carbocycles. The number of thiophene rings is 1. The van der Waals surface area contributed by atoms with Crippen molar-refractivity contribution in [3.8, 4) is 0 Å². The third kappa shape index (κ3) is 2.92. The molecule has 1 aromatic heterocycles. The van der Waals surface area contributed by atoms with Gasteiger partial charge in [0.05, 0.1) is 6.61 Å². The van der Waals surface area contributed by atoms with E-state index < -0.39 is 24.1 Å². The van der Waals surface area contributed by atoms with Gasteiger partial charge in [0.25, 0.3) is 5.79 Å². The second-order valence-electron chi connectivity index (χ2n) is 7.13. The molecule has 0 bridgehead atoms. The summed E-state index contributed by atoms with van der Waals surface area (Å²) < 4.78 is 11.5. The molecular formula is C20H21ClO5S. The predicted octanol–water partition coefficient (Wildman–Crippen LogP) is 2.92. The van der Waals surface area contributed by atoms with E-state index in [1.54, 1.807) is 11.3 Å². The third-order valence-electron chi connectivity index (χ3n) is 5.32. The summed E-state index contributed by atoms with van der Waals surface area (Å²) in [5, 5.41) is 31.4. The van der Waals surface area contributed by atoms with Crippen molar-refractivity contribution in [3.63, 3.8) is 0 Å². The molecule has 4 atom stereocenters. The Labute approximate surface area is 166 Å². The van der Waals surface area contributed by atoms with Gasteiger partial charge in [0.15, 0.2) is 6.10 Å². The summed E-state index contributed by atoms with van der Waals surface area (Å²) in [6.45, 7) is 7.99. The zero-order chi connectivity index (χ0) is 19.5. The Bertz CT molecular complexity index is 904. The smallest absolute Gasteiger partial charge is 0.266 e. The predicted molar refractivity (Wildman–Crippen MR) is 103 cm³/mol. The molecule has 0 unspecified atom stereocenters. The lowest BCUT2D eigenvalue weighted by Crippen LogP contribution is -2.57. The van der Waals surface area contributed by atoms with Crippen molar-refractivity contribution in [2.24, 2.45) is 0 Å². The van der Waals surface area contributed by atoms with E-state index in [1.165, 1.54) is 15.3 Å². The number of aliphatic hydroxyl groups excluding tert-OH is 3. The van der Waals surface area contributed by atoms with Crippen LogP contribution in [-0.4, -0.2) is 33.6 Å². The molecule has 1 fully saturated rings. The molecule has 4 rings (SSSR count). The molecule has 3 heterocycles. The van der Waals surface area contributed by atoms with Gasteiger partial charge in [-0.1, -0.05) is 18.2 Å². The van der Waals surface area contributed by atoms with E-state index in [4.69, 9.17) is 21.1 Å². The lowest BCUT2D eigenvalue weighted by Gasteiger charge is -2.43. The monoisotopic (exact) mass is 408 g/mol. The molecule has 3 N–H and O–H groups in total. The van der Waals surface area contributed by atoms with Gasteiger partial charge in [0.2, 0.25) is 0 Å². The van der Waals surface area contributed by atoms with Crippen LogP contribution in [0, 0.1) is 13.8 Å². The van der Waals surface area contributed by atoms with Crippen molar-refractivity contribution in [3.05, 3.63) is 67.6 Å². The Morgan fingerprint density at radius 3 is 2.67 bits per heavy atom. The first-order valence-electron chi connectivity index (χ1n) is 8.66. The number of halogens is 1. The average Bonchev–Trinajstić information content (AvgIpc) is 3.12. The molecule has 2 aliphatic rings. The van der Waals surface area contributed by atoms with Crippen molar-refractivity contribution >= 4 is 22.9 Å². The van der Waals surface area contributed by atoms with Crippen molar-refractivity contribution in [2.45, 2.75) is 51.0 Å². The number of hydrogen-bond donors (Lipinski definition) is 3. The van der Waals surface area contributed by atoms with Crippen LogP contribution in [0.1, 0.15) is 32.0 Å². The van der Waals surface area contributed by atoms with Crippen LogP contribution in [0.15, 0.2) is 30.5 Å². The zero-order valence-corrected chi connectivity index (χ0v) is 16.6. The quantitative estimate of drug-likeness (QED) is 0.712. The Hall–Kier alpha value is -1.41. The second-order valence-corrected chi connectivity index (χ2v) is 8.88. The number of aryl methyl sites for hydroxylation is 2. The number of fused-ring (bicyclic) bond motifs is 2. The number of benzene rings is 1. The normalized spacial score (nSPS) is 29.9. The topological polar surface area (TPSA) is 79.2 Å². The number of hydrogen-bond acceptors (Lipinski definition) is 6. The van der Waals surface area contributed by atoms with E-state index in [0.717, 1.165) is 11.1 Å². The van der Waals surface area contributed by atoms with Gasteiger partial charge in [-0.05, 0) is 48.7 Å². The minimum atomic E-state index is -1.59. The van der Waals surface area contributed by atoms with E-state index in [9.17, 15) is 15.3 Å². The van der Waals surface area contributed by atoms with Crippen molar-refractivity contribution in [1.82, 2.24) is 0 Å². The van der Waals surface area contributed by atoms with E-state index in [-0.39, 0.29) is 12.4 Å². The van der Waals surface area contributed by atoms with Crippen molar-refractivity contribution in [1.29, 1.82) is 0 Å². The van der Waals surface area contributed by atoms with Gasteiger partial charge in [0, 0.05) is 26.8 Å². The first-order valence-corrected chi connectivity index (χ1v) is 9.86. The molecule has 1 spiro atoms. The molecular weight excluding hydrogens is 388 g/mol. The molecule has 27 heavy (non-hydrogen) atoms. The summed E-state index contributed by atoms with van der Waals surface area (Å²) >= 11 is 8.21. The molecule has 1 saturated heterocycles. The van der Waals surface area contributed by atoms with Crippen LogP contribution < -0.4 is 0 Å². The summed E-state index contributed by atoms with van der Waals surface area (Å²) in [6.07, 6.45) is -3.65. The highest BCUT2D eigenvalue weighted by atomic mass is 35.5. The highest BCUT2D eigenvalue weighted by Gasteiger charge is 2.57. The molecule has 2 aliphatic heterocycles. The van der Waals surface area contributed by atoms with E-state index >= 15 is 0 Å². The summed E-state index contributed by atoms with van der Waals surface area (Å²) in [5.41, 5.74) is 3.50. The molecule has 0 radical (unpaired) electrons. The van der Waals surface area contributed by atoms with Crippen molar-refractivity contribution in [2.75, 3.05) is 0 Å². The van der Waals surface area contributed by atoms with Gasteiger partial charge in [0.1, 0.15) is 18.0 Å². The molecule has 5 nitrogen and oxygen atoms in total. The number of aliphatic hydroxyl groups is 3. The van der Waals surface area contributed by atoms with Crippen LogP contribution in [-0.2, 0) is 28.3 Å².